The van der Waals surface area contributed by atoms with Gasteiger partial charge in [0.05, 0.1) is 17.6 Å². The predicted molar refractivity (Wildman–Crippen MR) is 106 cm³/mol. The molecule has 1 aliphatic rings. The van der Waals surface area contributed by atoms with Crippen LogP contribution in [0.3, 0.4) is 0 Å². The lowest BCUT2D eigenvalue weighted by Gasteiger charge is -2.26. The van der Waals surface area contributed by atoms with Gasteiger partial charge in [0.15, 0.2) is 12.4 Å². The molecule has 0 fully saturated rings. The molecule has 0 aliphatic carbocycles. The van der Waals surface area contributed by atoms with Crippen molar-refractivity contribution < 1.29 is 24.0 Å². The highest BCUT2D eigenvalue weighted by Crippen LogP contribution is 2.28. The third-order valence-electron chi connectivity index (χ3n) is 4.64. The lowest BCUT2D eigenvalue weighted by molar-refractivity contribution is -0.385. The van der Waals surface area contributed by atoms with Gasteiger partial charge in [0.1, 0.15) is 0 Å². The first-order valence-electron chi connectivity index (χ1n) is 9.01. The molecule has 8 nitrogen and oxygen atoms in total. The number of benzene rings is 2. The number of methoxy groups -OCH3 is 1. The molecule has 1 aliphatic heterocycles. The van der Waals surface area contributed by atoms with E-state index < -0.39 is 17.5 Å². The second-order valence-corrected chi connectivity index (χ2v) is 6.41. The van der Waals surface area contributed by atoms with Gasteiger partial charge in [-0.3, -0.25) is 14.9 Å². The first-order valence-corrected chi connectivity index (χ1v) is 9.01. The zero-order valence-corrected chi connectivity index (χ0v) is 15.9. The minimum Gasteiger partial charge on any atom is -0.490 e. The van der Waals surface area contributed by atoms with Crippen LogP contribution in [-0.2, 0) is 9.53 Å². The van der Waals surface area contributed by atoms with Gasteiger partial charge >= 0.3 is 11.7 Å². The lowest BCUT2D eigenvalue weighted by Crippen LogP contribution is -2.37. The Morgan fingerprint density at radius 3 is 2.55 bits per heavy atom. The monoisotopic (exact) mass is 396 g/mol. The van der Waals surface area contributed by atoms with Crippen LogP contribution in [0, 0.1) is 10.1 Å². The van der Waals surface area contributed by atoms with Crippen molar-refractivity contribution in [3.8, 4) is 5.75 Å². The summed E-state index contributed by atoms with van der Waals surface area (Å²) in [5.74, 6) is -1.08. The number of ether oxygens (including phenoxy) is 2. The number of esters is 1. The molecule has 29 heavy (non-hydrogen) atoms. The topological polar surface area (TPSA) is 99.0 Å². The molecule has 0 unspecified atom stereocenters. The summed E-state index contributed by atoms with van der Waals surface area (Å²) in [5, 5.41) is 11.1. The minimum atomic E-state index is -0.804. The molecule has 1 heterocycles. The van der Waals surface area contributed by atoms with Crippen molar-refractivity contribution in [1.29, 1.82) is 0 Å². The van der Waals surface area contributed by atoms with Gasteiger partial charge in [0.2, 0.25) is 0 Å². The summed E-state index contributed by atoms with van der Waals surface area (Å²) in [4.78, 5) is 36.5. The number of nitro groups is 1. The number of hydrogen-bond acceptors (Lipinski definition) is 6. The Morgan fingerprint density at radius 1 is 1.17 bits per heavy atom. The van der Waals surface area contributed by atoms with E-state index in [1.54, 1.807) is 4.90 Å². The number of amides is 1. The van der Waals surface area contributed by atoms with Crippen molar-refractivity contribution in [3.63, 3.8) is 0 Å². The normalized spacial score (nSPS) is 13.4. The molecule has 3 rings (SSSR count). The molecule has 0 spiro atoms. The van der Waals surface area contributed by atoms with E-state index in [0.29, 0.717) is 19.5 Å². The van der Waals surface area contributed by atoms with Crippen LogP contribution in [0.2, 0.25) is 0 Å². The van der Waals surface area contributed by atoms with Crippen LogP contribution in [0.25, 0.3) is 5.57 Å². The Morgan fingerprint density at radius 2 is 1.93 bits per heavy atom. The van der Waals surface area contributed by atoms with Crippen LogP contribution in [0.5, 0.6) is 5.75 Å². The minimum absolute atomic E-state index is 0.0183. The molecule has 1 amide bonds. The van der Waals surface area contributed by atoms with Gasteiger partial charge in [-0.15, -0.1) is 0 Å². The summed E-state index contributed by atoms with van der Waals surface area (Å²) in [6.07, 6.45) is 2.71. The fourth-order valence-electron chi connectivity index (χ4n) is 3.07. The molecule has 150 valence electrons. The molecule has 0 aromatic heterocycles. The van der Waals surface area contributed by atoms with Gasteiger partial charge in [-0.05, 0) is 29.7 Å². The first kappa shape index (κ1) is 20.1. The number of hydrogen-bond donors (Lipinski definition) is 0. The van der Waals surface area contributed by atoms with Crippen molar-refractivity contribution in [1.82, 2.24) is 4.90 Å². The summed E-state index contributed by atoms with van der Waals surface area (Å²) in [7, 11) is 1.30. The van der Waals surface area contributed by atoms with Gasteiger partial charge in [0, 0.05) is 19.2 Å². The molecule has 0 bridgehead atoms. The average molecular weight is 396 g/mol. The van der Waals surface area contributed by atoms with E-state index >= 15 is 0 Å². The van der Waals surface area contributed by atoms with Crippen molar-refractivity contribution >= 4 is 23.1 Å². The van der Waals surface area contributed by atoms with Crippen molar-refractivity contribution in [3.05, 3.63) is 75.8 Å². The molecular weight excluding hydrogens is 376 g/mol. The van der Waals surface area contributed by atoms with Crippen molar-refractivity contribution in [2.24, 2.45) is 0 Å². The van der Waals surface area contributed by atoms with Crippen LogP contribution in [0.4, 0.5) is 5.69 Å². The highest BCUT2D eigenvalue weighted by Gasteiger charge is 2.22. The van der Waals surface area contributed by atoms with E-state index in [2.05, 4.69) is 0 Å². The van der Waals surface area contributed by atoms with Gasteiger partial charge in [0.25, 0.3) is 5.91 Å². The third kappa shape index (κ3) is 4.78. The van der Waals surface area contributed by atoms with Crippen molar-refractivity contribution in [2.75, 3.05) is 26.8 Å². The van der Waals surface area contributed by atoms with E-state index in [-0.39, 0.29) is 22.9 Å². The fourth-order valence-corrected chi connectivity index (χ4v) is 3.07. The molecule has 2 aromatic rings. The number of nitro benzene ring substituents is 1. The SMILES string of the molecule is COc1ccc(C(=O)OCC(=O)N2CC=C(c3ccccc3)CC2)cc1[N+](=O)[O-]. The van der Waals surface area contributed by atoms with Crippen LogP contribution in [-0.4, -0.2) is 48.5 Å². The van der Waals surface area contributed by atoms with E-state index in [0.717, 1.165) is 11.6 Å². The van der Waals surface area contributed by atoms with E-state index in [1.165, 1.54) is 24.8 Å². The Kier molecular flexibility index (Phi) is 6.23. The summed E-state index contributed by atoms with van der Waals surface area (Å²) < 4.78 is 9.95. The second-order valence-electron chi connectivity index (χ2n) is 6.41. The molecule has 0 atom stereocenters. The highest BCUT2D eigenvalue weighted by atomic mass is 16.6. The number of rotatable bonds is 6. The van der Waals surface area contributed by atoms with Gasteiger partial charge < -0.3 is 14.4 Å². The Hall–Kier alpha value is -3.68. The summed E-state index contributed by atoms with van der Waals surface area (Å²) in [5.41, 5.74) is 1.95. The maximum absolute atomic E-state index is 12.3. The molecule has 2 aromatic carbocycles. The standard InChI is InChI=1S/C21H20N2O6/c1-28-19-8-7-17(13-18(19)23(26)27)21(25)29-14-20(24)22-11-9-16(10-12-22)15-5-3-2-4-6-15/h2-9,13H,10-12,14H2,1H3. The first-order chi connectivity index (χ1) is 14.0. The quantitative estimate of drug-likeness (QED) is 0.423. The van der Waals surface area contributed by atoms with E-state index in [4.69, 9.17) is 9.47 Å². The molecule has 8 heteroatoms. The Bertz CT molecular complexity index is 955. The maximum atomic E-state index is 12.3. The largest absolute Gasteiger partial charge is 0.490 e. The summed E-state index contributed by atoms with van der Waals surface area (Å²) >= 11 is 0. The zero-order valence-electron chi connectivity index (χ0n) is 15.9. The van der Waals surface area contributed by atoms with E-state index in [1.807, 2.05) is 36.4 Å². The van der Waals surface area contributed by atoms with Crippen LogP contribution < -0.4 is 4.74 Å². The van der Waals surface area contributed by atoms with Crippen LogP contribution in [0.1, 0.15) is 22.3 Å². The van der Waals surface area contributed by atoms with Crippen LogP contribution in [0.15, 0.2) is 54.6 Å². The zero-order chi connectivity index (χ0) is 20.8. The molecule has 0 N–H and O–H groups in total. The predicted octanol–water partition coefficient (Wildman–Crippen LogP) is 3.08. The van der Waals surface area contributed by atoms with E-state index in [9.17, 15) is 19.7 Å². The molecule has 0 saturated heterocycles. The smallest absolute Gasteiger partial charge is 0.338 e. The number of nitrogens with zero attached hydrogens (tertiary/aromatic N) is 2. The Labute approximate surface area is 167 Å². The van der Waals surface area contributed by atoms with Gasteiger partial charge in [-0.25, -0.2) is 4.79 Å². The number of carbonyl (C=O) groups excluding carboxylic acids is 2. The summed E-state index contributed by atoms with van der Waals surface area (Å²) in [6, 6.07) is 13.7. The molecule has 0 saturated carbocycles. The fraction of sp³-hybridized carbons (Fsp3) is 0.238. The average Bonchev–Trinajstić information content (AvgIpc) is 2.77. The van der Waals surface area contributed by atoms with Crippen molar-refractivity contribution in [2.45, 2.75) is 6.42 Å². The summed E-state index contributed by atoms with van der Waals surface area (Å²) in [6.45, 7) is 0.549. The number of carbonyl (C=O) groups is 2. The second kappa shape index (κ2) is 9.01. The maximum Gasteiger partial charge on any atom is 0.338 e. The highest BCUT2D eigenvalue weighted by molar-refractivity contribution is 5.92. The molecule has 0 radical (unpaired) electrons. The van der Waals surface area contributed by atoms with Gasteiger partial charge in [-0.1, -0.05) is 36.4 Å². The Balaban J connectivity index is 1.57. The van der Waals surface area contributed by atoms with Crippen LogP contribution >= 0.6 is 0 Å². The van der Waals surface area contributed by atoms with Gasteiger partial charge in [-0.2, -0.15) is 0 Å². The molecular formula is C21H20N2O6. The lowest BCUT2D eigenvalue weighted by atomic mass is 10.00. The third-order valence-corrected chi connectivity index (χ3v) is 4.64.